The maximum Gasteiger partial charge on any atom is 0.243 e. The second-order valence-electron chi connectivity index (χ2n) is 5.86. The minimum Gasteiger partial charge on any atom is -0.301 e. The van der Waals surface area contributed by atoms with Crippen LogP contribution in [0.1, 0.15) is 26.7 Å². The molecule has 0 bridgehead atoms. The van der Waals surface area contributed by atoms with E-state index in [1.807, 2.05) is 0 Å². The van der Waals surface area contributed by atoms with Gasteiger partial charge in [-0.1, -0.05) is 12.1 Å². The van der Waals surface area contributed by atoms with Crippen LogP contribution in [0.4, 0.5) is 4.39 Å². The average Bonchev–Trinajstić information content (AvgIpc) is 2.46. The van der Waals surface area contributed by atoms with Gasteiger partial charge in [0.1, 0.15) is 10.7 Å². The number of benzene rings is 1. The van der Waals surface area contributed by atoms with Gasteiger partial charge in [-0.05, 0) is 57.8 Å². The fourth-order valence-electron chi connectivity index (χ4n) is 2.64. The lowest BCUT2D eigenvalue weighted by atomic mass is 9.96. The van der Waals surface area contributed by atoms with Gasteiger partial charge >= 0.3 is 0 Å². The summed E-state index contributed by atoms with van der Waals surface area (Å²) >= 11 is 0. The third kappa shape index (κ3) is 4.25. The molecule has 1 saturated heterocycles. The zero-order valence-corrected chi connectivity index (χ0v) is 13.4. The Morgan fingerprint density at radius 1 is 1.29 bits per heavy atom. The Hall–Kier alpha value is -0.980. The van der Waals surface area contributed by atoms with Crippen molar-refractivity contribution in [1.29, 1.82) is 0 Å². The zero-order chi connectivity index (χ0) is 15.5. The van der Waals surface area contributed by atoms with Gasteiger partial charge in [-0.2, -0.15) is 0 Å². The Morgan fingerprint density at radius 2 is 1.90 bits per heavy atom. The molecule has 1 aromatic carbocycles. The van der Waals surface area contributed by atoms with Crippen LogP contribution in [0.5, 0.6) is 0 Å². The summed E-state index contributed by atoms with van der Waals surface area (Å²) in [6.45, 7) is 6.69. The highest BCUT2D eigenvalue weighted by molar-refractivity contribution is 7.89. The molecule has 1 aliphatic heterocycles. The van der Waals surface area contributed by atoms with E-state index in [4.69, 9.17) is 0 Å². The Balaban J connectivity index is 1.90. The van der Waals surface area contributed by atoms with Crippen molar-refractivity contribution >= 4 is 10.0 Å². The van der Waals surface area contributed by atoms with Gasteiger partial charge in [0.25, 0.3) is 0 Å². The monoisotopic (exact) mass is 314 g/mol. The lowest BCUT2D eigenvalue weighted by Gasteiger charge is -2.34. The van der Waals surface area contributed by atoms with Crippen LogP contribution in [-0.4, -0.2) is 39.0 Å². The molecule has 1 aliphatic rings. The molecule has 0 aliphatic carbocycles. The quantitative estimate of drug-likeness (QED) is 0.906. The molecule has 0 spiro atoms. The first-order chi connectivity index (χ1) is 9.90. The topological polar surface area (TPSA) is 49.4 Å². The molecular weight excluding hydrogens is 291 g/mol. The van der Waals surface area contributed by atoms with E-state index in [1.165, 1.54) is 18.2 Å². The summed E-state index contributed by atoms with van der Waals surface area (Å²) in [5, 5.41) is 0. The summed E-state index contributed by atoms with van der Waals surface area (Å²) in [6, 6.07) is 5.99. The molecule has 4 nitrogen and oxygen atoms in total. The van der Waals surface area contributed by atoms with Gasteiger partial charge in [0.15, 0.2) is 0 Å². The van der Waals surface area contributed by atoms with Crippen LogP contribution >= 0.6 is 0 Å². The molecule has 1 aromatic rings. The van der Waals surface area contributed by atoms with E-state index in [0.717, 1.165) is 32.0 Å². The van der Waals surface area contributed by atoms with Crippen molar-refractivity contribution in [3.63, 3.8) is 0 Å². The minimum absolute atomic E-state index is 0.274. The van der Waals surface area contributed by atoms with Crippen LogP contribution in [0, 0.1) is 11.7 Å². The second-order valence-corrected chi connectivity index (χ2v) is 7.59. The van der Waals surface area contributed by atoms with Gasteiger partial charge in [-0.3, -0.25) is 0 Å². The third-order valence-corrected chi connectivity index (χ3v) is 5.52. The molecule has 21 heavy (non-hydrogen) atoms. The number of piperidine rings is 1. The highest BCUT2D eigenvalue weighted by Gasteiger charge is 2.24. The number of sulfonamides is 1. The number of hydrogen-bond acceptors (Lipinski definition) is 3. The van der Waals surface area contributed by atoms with Crippen molar-refractivity contribution in [2.45, 2.75) is 37.6 Å². The SMILES string of the molecule is CC(C)N1CCC(CNS(=O)(=O)c2ccccc2F)CC1. The van der Waals surface area contributed by atoms with Crippen LogP contribution in [-0.2, 0) is 10.0 Å². The number of halogens is 1. The first kappa shape index (κ1) is 16.4. The van der Waals surface area contributed by atoms with Gasteiger partial charge in [0, 0.05) is 12.6 Å². The molecule has 1 fully saturated rings. The predicted molar refractivity (Wildman–Crippen MR) is 81.0 cm³/mol. The maximum absolute atomic E-state index is 13.6. The third-order valence-electron chi connectivity index (χ3n) is 4.07. The summed E-state index contributed by atoms with van der Waals surface area (Å²) in [4.78, 5) is 2.12. The lowest BCUT2D eigenvalue weighted by molar-refractivity contribution is 0.150. The van der Waals surface area contributed by atoms with Crippen molar-refractivity contribution in [3.05, 3.63) is 30.1 Å². The molecule has 0 aromatic heterocycles. The molecular formula is C15H23FN2O2S. The largest absolute Gasteiger partial charge is 0.301 e. The first-order valence-corrected chi connectivity index (χ1v) is 8.86. The Bertz CT molecular complexity index is 567. The maximum atomic E-state index is 13.6. The standard InChI is InChI=1S/C15H23FN2O2S/c1-12(2)18-9-7-13(8-10-18)11-17-21(19,20)15-6-4-3-5-14(15)16/h3-6,12-13,17H,7-11H2,1-2H3. The van der Waals surface area contributed by atoms with Crippen molar-refractivity contribution < 1.29 is 12.8 Å². The smallest absolute Gasteiger partial charge is 0.243 e. The van der Waals surface area contributed by atoms with Crippen LogP contribution in [0.25, 0.3) is 0 Å². The first-order valence-electron chi connectivity index (χ1n) is 7.38. The average molecular weight is 314 g/mol. The second kappa shape index (κ2) is 6.85. The summed E-state index contributed by atoms with van der Waals surface area (Å²) in [6.07, 6.45) is 1.94. The van der Waals surface area contributed by atoms with E-state index in [2.05, 4.69) is 23.5 Å². The van der Waals surface area contributed by atoms with Gasteiger partial charge in [-0.15, -0.1) is 0 Å². The molecule has 2 rings (SSSR count). The van der Waals surface area contributed by atoms with Gasteiger partial charge < -0.3 is 4.90 Å². The molecule has 0 unspecified atom stereocenters. The van der Waals surface area contributed by atoms with E-state index >= 15 is 0 Å². The fourth-order valence-corrected chi connectivity index (χ4v) is 3.83. The fraction of sp³-hybridized carbons (Fsp3) is 0.600. The normalized spacial score (nSPS) is 18.3. The van der Waals surface area contributed by atoms with Crippen LogP contribution in [0.3, 0.4) is 0 Å². The molecule has 0 amide bonds. The molecule has 6 heteroatoms. The van der Waals surface area contributed by atoms with Gasteiger partial charge in [-0.25, -0.2) is 17.5 Å². The van der Waals surface area contributed by atoms with Crippen LogP contribution in [0.15, 0.2) is 29.2 Å². The van der Waals surface area contributed by atoms with Crippen molar-refractivity contribution in [2.75, 3.05) is 19.6 Å². The van der Waals surface area contributed by atoms with Gasteiger partial charge in [0.05, 0.1) is 0 Å². The van der Waals surface area contributed by atoms with Gasteiger partial charge in [0.2, 0.25) is 10.0 Å². The summed E-state index contributed by atoms with van der Waals surface area (Å²) in [7, 11) is -3.76. The molecule has 1 N–H and O–H groups in total. The molecule has 118 valence electrons. The zero-order valence-electron chi connectivity index (χ0n) is 12.5. The molecule has 0 atom stereocenters. The Morgan fingerprint density at radius 3 is 2.48 bits per heavy atom. The van der Waals surface area contributed by atoms with E-state index in [0.29, 0.717) is 18.5 Å². The van der Waals surface area contributed by atoms with E-state index < -0.39 is 15.8 Å². The van der Waals surface area contributed by atoms with Crippen LogP contribution in [0.2, 0.25) is 0 Å². The number of nitrogens with one attached hydrogen (secondary N) is 1. The molecule has 0 saturated carbocycles. The van der Waals surface area contributed by atoms with E-state index in [-0.39, 0.29) is 4.90 Å². The Kier molecular flexibility index (Phi) is 5.35. The molecule has 0 radical (unpaired) electrons. The van der Waals surface area contributed by atoms with E-state index in [1.54, 1.807) is 0 Å². The highest BCUT2D eigenvalue weighted by Crippen LogP contribution is 2.19. The summed E-state index contributed by atoms with van der Waals surface area (Å²) in [5.74, 6) is -0.388. The number of nitrogens with zero attached hydrogens (tertiary/aromatic N) is 1. The predicted octanol–water partition coefficient (Wildman–Crippen LogP) is 2.22. The summed E-state index contributed by atoms with van der Waals surface area (Å²) < 4.78 is 40.3. The lowest BCUT2D eigenvalue weighted by Crippen LogP contribution is -2.41. The van der Waals surface area contributed by atoms with Crippen molar-refractivity contribution in [3.8, 4) is 0 Å². The van der Waals surface area contributed by atoms with Crippen molar-refractivity contribution in [2.24, 2.45) is 5.92 Å². The van der Waals surface area contributed by atoms with Crippen LogP contribution < -0.4 is 4.72 Å². The molecule has 1 heterocycles. The number of hydrogen-bond donors (Lipinski definition) is 1. The highest BCUT2D eigenvalue weighted by atomic mass is 32.2. The minimum atomic E-state index is -3.76. The summed E-state index contributed by atoms with van der Waals surface area (Å²) in [5.41, 5.74) is 0. The Labute approximate surface area is 126 Å². The number of likely N-dealkylation sites (tertiary alicyclic amines) is 1. The number of rotatable bonds is 5. The van der Waals surface area contributed by atoms with Crippen molar-refractivity contribution in [1.82, 2.24) is 9.62 Å². The van der Waals surface area contributed by atoms with E-state index in [9.17, 15) is 12.8 Å².